The first-order valence-electron chi connectivity index (χ1n) is 4.72. The van der Waals surface area contributed by atoms with Crippen molar-refractivity contribution in [1.29, 1.82) is 0 Å². The molecule has 0 fully saturated rings. The molecule has 0 aliphatic heterocycles. The normalized spacial score (nSPS) is 10.5. The monoisotopic (exact) mass is 262 g/mol. The molecule has 0 spiro atoms. The average molecular weight is 262 g/mol. The minimum absolute atomic E-state index is 0.278. The lowest BCUT2D eigenvalue weighted by Crippen LogP contribution is -1.90. The molecule has 1 rings (SSSR count). The molecule has 0 aliphatic rings. The molecule has 1 aromatic heterocycles. The van der Waals surface area contributed by atoms with E-state index in [0.29, 0.717) is 6.42 Å². The fourth-order valence-electron chi connectivity index (χ4n) is 0.973. The van der Waals surface area contributed by atoms with Crippen LogP contribution in [-0.4, -0.2) is 28.0 Å². The first-order valence-corrected chi connectivity index (χ1v) is 7.75. The second-order valence-corrected chi connectivity index (χ2v) is 6.42. The van der Waals surface area contributed by atoms with Crippen molar-refractivity contribution in [2.75, 3.05) is 12.0 Å². The average Bonchev–Trinajstić information content (AvgIpc) is 2.65. The molecule has 0 amide bonds. The van der Waals surface area contributed by atoms with E-state index in [9.17, 15) is 4.79 Å². The van der Waals surface area contributed by atoms with Crippen LogP contribution >= 0.6 is 34.9 Å². The van der Waals surface area contributed by atoms with Gasteiger partial charge in [-0.15, -0.1) is 10.2 Å². The Morgan fingerprint density at radius 1 is 1.33 bits per heavy atom. The van der Waals surface area contributed by atoms with Gasteiger partial charge in [-0.05, 0) is 26.0 Å². The van der Waals surface area contributed by atoms with E-state index in [4.69, 9.17) is 0 Å². The van der Waals surface area contributed by atoms with Gasteiger partial charge in [0.25, 0.3) is 0 Å². The van der Waals surface area contributed by atoms with Gasteiger partial charge in [0.1, 0.15) is 5.78 Å². The van der Waals surface area contributed by atoms with Crippen LogP contribution in [0.4, 0.5) is 0 Å². The second-order valence-electron chi connectivity index (χ2n) is 3.05. The van der Waals surface area contributed by atoms with Crippen molar-refractivity contribution in [3.63, 3.8) is 0 Å². The number of hydrogen-bond acceptors (Lipinski definition) is 6. The van der Waals surface area contributed by atoms with Crippen LogP contribution in [0.1, 0.15) is 26.2 Å². The van der Waals surface area contributed by atoms with Gasteiger partial charge in [0.15, 0.2) is 8.68 Å². The van der Waals surface area contributed by atoms with Gasteiger partial charge in [0.2, 0.25) is 0 Å². The molecule has 0 radical (unpaired) electrons. The van der Waals surface area contributed by atoms with Crippen LogP contribution in [0.5, 0.6) is 0 Å². The summed E-state index contributed by atoms with van der Waals surface area (Å²) < 4.78 is 2.04. The molecule has 1 aromatic rings. The fraction of sp³-hybridized carbons (Fsp3) is 0.667. The zero-order chi connectivity index (χ0) is 11.1. The van der Waals surface area contributed by atoms with Crippen molar-refractivity contribution in [3.8, 4) is 0 Å². The van der Waals surface area contributed by atoms with E-state index >= 15 is 0 Å². The van der Waals surface area contributed by atoms with Crippen molar-refractivity contribution >= 4 is 40.6 Å². The van der Waals surface area contributed by atoms with Crippen LogP contribution in [-0.2, 0) is 4.79 Å². The summed E-state index contributed by atoms with van der Waals surface area (Å²) in [5.74, 6) is 1.30. The molecule has 0 atom stereocenters. The predicted octanol–water partition coefficient (Wildman–Crippen LogP) is 3.11. The quantitative estimate of drug-likeness (QED) is 0.558. The summed E-state index contributed by atoms with van der Waals surface area (Å²) >= 11 is 4.99. The van der Waals surface area contributed by atoms with Crippen LogP contribution < -0.4 is 0 Å². The van der Waals surface area contributed by atoms with Gasteiger partial charge >= 0.3 is 0 Å². The topological polar surface area (TPSA) is 42.9 Å². The van der Waals surface area contributed by atoms with Gasteiger partial charge in [-0.25, -0.2) is 0 Å². The number of rotatable bonds is 7. The predicted molar refractivity (Wildman–Crippen MR) is 66.9 cm³/mol. The van der Waals surface area contributed by atoms with Crippen molar-refractivity contribution in [2.45, 2.75) is 34.9 Å². The standard InChI is InChI=1S/C9H14N2OS3/c1-7(12)5-3-4-6-14-9-11-10-8(13-2)15-9/h3-6H2,1-2H3. The van der Waals surface area contributed by atoms with Crippen molar-refractivity contribution in [1.82, 2.24) is 10.2 Å². The van der Waals surface area contributed by atoms with Crippen LogP contribution in [0.3, 0.4) is 0 Å². The second kappa shape index (κ2) is 7.24. The van der Waals surface area contributed by atoms with E-state index in [1.54, 1.807) is 41.8 Å². The Morgan fingerprint density at radius 3 is 2.67 bits per heavy atom. The maximum absolute atomic E-state index is 10.7. The van der Waals surface area contributed by atoms with Crippen LogP contribution in [0.25, 0.3) is 0 Å². The molecule has 0 N–H and O–H groups in total. The molecule has 0 aromatic carbocycles. The molecule has 3 nitrogen and oxygen atoms in total. The first kappa shape index (κ1) is 13.0. The van der Waals surface area contributed by atoms with Crippen LogP contribution in [0.2, 0.25) is 0 Å². The Balaban J connectivity index is 2.12. The number of Topliss-reactive ketones (excluding diaryl/α,β-unsaturated/α-hetero) is 1. The van der Waals surface area contributed by atoms with E-state index in [1.807, 2.05) is 6.26 Å². The number of carbonyl (C=O) groups excluding carboxylic acids is 1. The minimum atomic E-state index is 0.278. The van der Waals surface area contributed by atoms with Gasteiger partial charge in [-0.2, -0.15) is 0 Å². The third-order valence-corrected chi connectivity index (χ3v) is 4.83. The molecule has 15 heavy (non-hydrogen) atoms. The largest absolute Gasteiger partial charge is 0.300 e. The summed E-state index contributed by atoms with van der Waals surface area (Å²) in [4.78, 5) is 10.7. The Bertz CT molecular complexity index is 314. The highest BCUT2D eigenvalue weighted by Crippen LogP contribution is 2.27. The SMILES string of the molecule is CSc1nnc(SCCCCC(C)=O)s1. The lowest BCUT2D eigenvalue weighted by molar-refractivity contribution is -0.117. The molecule has 0 saturated heterocycles. The smallest absolute Gasteiger partial charge is 0.175 e. The maximum Gasteiger partial charge on any atom is 0.175 e. The number of nitrogens with zero attached hydrogens (tertiary/aromatic N) is 2. The van der Waals surface area contributed by atoms with Gasteiger partial charge in [0.05, 0.1) is 0 Å². The Labute approximate surface area is 102 Å². The summed E-state index contributed by atoms with van der Waals surface area (Å²) in [7, 11) is 0. The van der Waals surface area contributed by atoms with Crippen molar-refractivity contribution < 1.29 is 4.79 Å². The lowest BCUT2D eigenvalue weighted by atomic mass is 10.2. The van der Waals surface area contributed by atoms with Crippen LogP contribution in [0.15, 0.2) is 8.68 Å². The number of ketones is 1. The van der Waals surface area contributed by atoms with Crippen LogP contribution in [0, 0.1) is 0 Å². The summed E-state index contributed by atoms with van der Waals surface area (Å²) in [6.07, 6.45) is 4.75. The maximum atomic E-state index is 10.7. The van der Waals surface area contributed by atoms with Gasteiger partial charge in [0, 0.05) is 12.2 Å². The molecule has 1 heterocycles. The molecule has 0 unspecified atom stereocenters. The van der Waals surface area contributed by atoms with E-state index in [1.165, 1.54) is 0 Å². The third kappa shape index (κ3) is 5.53. The number of unbranched alkanes of at least 4 members (excludes halogenated alkanes) is 1. The third-order valence-electron chi connectivity index (χ3n) is 1.71. The molecular weight excluding hydrogens is 248 g/mol. The Hall–Kier alpha value is -0.0700. The molecule has 84 valence electrons. The Kier molecular flexibility index (Phi) is 6.28. The fourth-order valence-corrected chi connectivity index (χ4v) is 3.48. The summed E-state index contributed by atoms with van der Waals surface area (Å²) in [6.45, 7) is 1.64. The summed E-state index contributed by atoms with van der Waals surface area (Å²) in [6, 6.07) is 0. The molecule has 0 bridgehead atoms. The molecule has 0 aliphatic carbocycles. The number of aromatic nitrogens is 2. The zero-order valence-electron chi connectivity index (χ0n) is 8.86. The summed E-state index contributed by atoms with van der Waals surface area (Å²) in [5, 5.41) is 8.08. The Morgan fingerprint density at radius 2 is 2.07 bits per heavy atom. The first-order chi connectivity index (χ1) is 7.22. The van der Waals surface area contributed by atoms with Crippen molar-refractivity contribution in [3.05, 3.63) is 0 Å². The van der Waals surface area contributed by atoms with E-state index in [-0.39, 0.29) is 5.78 Å². The van der Waals surface area contributed by atoms with E-state index in [0.717, 1.165) is 27.3 Å². The van der Waals surface area contributed by atoms with Gasteiger partial charge < -0.3 is 4.79 Å². The minimum Gasteiger partial charge on any atom is -0.300 e. The highest BCUT2D eigenvalue weighted by molar-refractivity contribution is 8.02. The molecule has 6 heteroatoms. The van der Waals surface area contributed by atoms with Crippen molar-refractivity contribution in [2.24, 2.45) is 0 Å². The van der Waals surface area contributed by atoms with E-state index < -0.39 is 0 Å². The number of thioether (sulfide) groups is 2. The van der Waals surface area contributed by atoms with Gasteiger partial charge in [-0.1, -0.05) is 34.9 Å². The molecule has 0 saturated carbocycles. The molecular formula is C9H14N2OS3. The number of carbonyl (C=O) groups is 1. The highest BCUT2D eigenvalue weighted by atomic mass is 32.2. The lowest BCUT2D eigenvalue weighted by Gasteiger charge is -1.96. The van der Waals surface area contributed by atoms with Gasteiger partial charge in [-0.3, -0.25) is 0 Å². The number of hydrogen-bond donors (Lipinski definition) is 0. The zero-order valence-corrected chi connectivity index (χ0v) is 11.3. The van der Waals surface area contributed by atoms with E-state index in [2.05, 4.69) is 10.2 Å². The highest BCUT2D eigenvalue weighted by Gasteiger charge is 2.03. The summed E-state index contributed by atoms with van der Waals surface area (Å²) in [5.41, 5.74) is 0.